The molecule has 2 heterocycles. The first-order valence-corrected chi connectivity index (χ1v) is 10.7. The van der Waals surface area contributed by atoms with Gasteiger partial charge in [0.25, 0.3) is 0 Å². The van der Waals surface area contributed by atoms with Gasteiger partial charge in [0.1, 0.15) is 5.60 Å². The number of para-hydroxylation sites is 1. The number of carbonyl (C=O) groups excluding carboxylic acids is 1. The predicted molar refractivity (Wildman–Crippen MR) is 117 cm³/mol. The van der Waals surface area contributed by atoms with Crippen molar-refractivity contribution in [1.29, 1.82) is 0 Å². The highest BCUT2D eigenvalue weighted by Crippen LogP contribution is 2.43. The van der Waals surface area contributed by atoms with Crippen molar-refractivity contribution in [1.82, 2.24) is 10.3 Å². The first-order valence-electron chi connectivity index (χ1n) is 10.7. The van der Waals surface area contributed by atoms with Crippen LogP contribution in [0.5, 0.6) is 0 Å². The van der Waals surface area contributed by atoms with E-state index in [1.165, 1.54) is 16.5 Å². The highest BCUT2D eigenvalue weighted by Gasteiger charge is 2.46. The minimum Gasteiger partial charge on any atom is -0.366 e. The second kappa shape index (κ2) is 8.42. The number of fused-ring (bicyclic) bond motifs is 3. The normalized spacial score (nSPS) is 19.7. The van der Waals surface area contributed by atoms with E-state index in [-0.39, 0.29) is 11.9 Å². The maximum Gasteiger partial charge on any atom is 0.217 e. The molecule has 1 amide bonds. The summed E-state index contributed by atoms with van der Waals surface area (Å²) in [6, 6.07) is 18.7. The summed E-state index contributed by atoms with van der Waals surface area (Å²) in [5, 5.41) is 4.52. The van der Waals surface area contributed by atoms with E-state index in [0.29, 0.717) is 6.61 Å². The Labute approximate surface area is 172 Å². The Kier molecular flexibility index (Phi) is 5.72. The SMILES string of the molecule is CCCCC1(C(Cc2ccccc2)NC(C)=O)OCCc2c1[nH]c1ccccc21. The number of nitrogens with one attached hydrogen (secondary N) is 2. The molecule has 152 valence electrons. The Morgan fingerprint density at radius 2 is 1.93 bits per heavy atom. The van der Waals surface area contributed by atoms with Gasteiger partial charge in [-0.05, 0) is 36.5 Å². The van der Waals surface area contributed by atoms with E-state index < -0.39 is 5.60 Å². The molecule has 0 saturated heterocycles. The largest absolute Gasteiger partial charge is 0.366 e. The Hall–Kier alpha value is -2.59. The fourth-order valence-electron chi connectivity index (χ4n) is 4.74. The van der Waals surface area contributed by atoms with Gasteiger partial charge in [0.2, 0.25) is 5.91 Å². The maximum atomic E-state index is 12.2. The Balaban J connectivity index is 1.84. The topological polar surface area (TPSA) is 54.1 Å². The quantitative estimate of drug-likeness (QED) is 0.604. The van der Waals surface area contributed by atoms with Crippen molar-refractivity contribution in [3.63, 3.8) is 0 Å². The molecule has 2 unspecified atom stereocenters. The number of H-pyrrole nitrogens is 1. The fourth-order valence-corrected chi connectivity index (χ4v) is 4.74. The van der Waals surface area contributed by atoms with Crippen molar-refractivity contribution in [3.8, 4) is 0 Å². The third-order valence-corrected chi connectivity index (χ3v) is 6.07. The molecule has 2 N–H and O–H groups in total. The standard InChI is InChI=1S/C25H30N2O2/c1-3-4-15-25(23(26-18(2)28)17-19-10-6-5-7-11-19)24-21(14-16-29-25)20-12-8-9-13-22(20)27-24/h5-13,23,27H,3-4,14-17H2,1-2H3,(H,26,28). The van der Waals surface area contributed by atoms with E-state index in [1.807, 2.05) is 6.07 Å². The summed E-state index contributed by atoms with van der Waals surface area (Å²) in [5.41, 5.74) is 4.28. The number of aromatic amines is 1. The van der Waals surface area contributed by atoms with Crippen LogP contribution in [-0.4, -0.2) is 23.5 Å². The lowest BCUT2D eigenvalue weighted by molar-refractivity contribution is -0.128. The van der Waals surface area contributed by atoms with E-state index in [9.17, 15) is 4.79 Å². The predicted octanol–water partition coefficient (Wildman–Crippen LogP) is 4.87. The number of amides is 1. The lowest BCUT2D eigenvalue weighted by atomic mass is 9.78. The molecule has 4 rings (SSSR count). The molecule has 2 atom stereocenters. The van der Waals surface area contributed by atoms with Gasteiger partial charge in [-0.25, -0.2) is 0 Å². The van der Waals surface area contributed by atoms with Gasteiger partial charge in [-0.1, -0.05) is 68.3 Å². The van der Waals surface area contributed by atoms with Gasteiger partial charge in [-0.3, -0.25) is 4.79 Å². The molecule has 0 spiro atoms. The number of unbranched alkanes of at least 4 members (excludes halogenated alkanes) is 1. The number of carbonyl (C=O) groups is 1. The zero-order valence-corrected chi connectivity index (χ0v) is 17.3. The third-order valence-electron chi connectivity index (χ3n) is 6.07. The number of aromatic nitrogens is 1. The van der Waals surface area contributed by atoms with Crippen LogP contribution in [-0.2, 0) is 28.0 Å². The fraction of sp³-hybridized carbons (Fsp3) is 0.400. The molecule has 0 bridgehead atoms. The van der Waals surface area contributed by atoms with E-state index >= 15 is 0 Å². The summed E-state index contributed by atoms with van der Waals surface area (Å²) in [6.07, 6.45) is 4.63. The van der Waals surface area contributed by atoms with Gasteiger partial charge in [-0.2, -0.15) is 0 Å². The van der Waals surface area contributed by atoms with Crippen LogP contribution in [0.4, 0.5) is 0 Å². The molecule has 1 aliphatic rings. The number of benzene rings is 2. The molecule has 2 aromatic carbocycles. The lowest BCUT2D eigenvalue weighted by Crippen LogP contribution is -2.55. The van der Waals surface area contributed by atoms with Crippen LogP contribution in [0.2, 0.25) is 0 Å². The monoisotopic (exact) mass is 390 g/mol. The second-order valence-electron chi connectivity index (χ2n) is 8.06. The van der Waals surface area contributed by atoms with Gasteiger partial charge < -0.3 is 15.0 Å². The highest BCUT2D eigenvalue weighted by molar-refractivity contribution is 5.85. The van der Waals surface area contributed by atoms with Gasteiger partial charge in [-0.15, -0.1) is 0 Å². The first kappa shape index (κ1) is 19.7. The van der Waals surface area contributed by atoms with Crippen molar-refractivity contribution in [3.05, 3.63) is 71.4 Å². The summed E-state index contributed by atoms with van der Waals surface area (Å²) in [5.74, 6) is -0.0198. The van der Waals surface area contributed by atoms with E-state index in [0.717, 1.165) is 43.3 Å². The molecule has 4 nitrogen and oxygen atoms in total. The van der Waals surface area contributed by atoms with Crippen LogP contribution in [0.25, 0.3) is 10.9 Å². The van der Waals surface area contributed by atoms with Crippen LogP contribution >= 0.6 is 0 Å². The molecule has 29 heavy (non-hydrogen) atoms. The van der Waals surface area contributed by atoms with E-state index in [1.54, 1.807) is 6.92 Å². The van der Waals surface area contributed by atoms with Gasteiger partial charge in [0.15, 0.2) is 0 Å². The Morgan fingerprint density at radius 1 is 1.17 bits per heavy atom. The zero-order valence-electron chi connectivity index (χ0n) is 17.3. The Bertz CT molecular complexity index is 979. The second-order valence-corrected chi connectivity index (χ2v) is 8.06. The van der Waals surface area contributed by atoms with E-state index in [4.69, 9.17) is 4.74 Å². The van der Waals surface area contributed by atoms with Crippen LogP contribution in [0.3, 0.4) is 0 Å². The van der Waals surface area contributed by atoms with Crippen LogP contribution in [0, 0.1) is 0 Å². The number of hydrogen-bond acceptors (Lipinski definition) is 2. The average molecular weight is 391 g/mol. The number of rotatable bonds is 7. The van der Waals surface area contributed by atoms with Crippen LogP contribution < -0.4 is 5.32 Å². The highest BCUT2D eigenvalue weighted by atomic mass is 16.5. The summed E-state index contributed by atoms with van der Waals surface area (Å²) < 4.78 is 6.61. The molecular weight excluding hydrogens is 360 g/mol. The molecule has 0 saturated carbocycles. The number of hydrogen-bond donors (Lipinski definition) is 2. The van der Waals surface area contributed by atoms with Gasteiger partial charge in [0, 0.05) is 17.8 Å². The summed E-state index contributed by atoms with van der Waals surface area (Å²) in [4.78, 5) is 15.9. The van der Waals surface area contributed by atoms with Crippen molar-refractivity contribution in [2.24, 2.45) is 0 Å². The molecular formula is C25H30N2O2. The molecule has 3 aromatic rings. The maximum absolute atomic E-state index is 12.2. The smallest absolute Gasteiger partial charge is 0.217 e. The molecule has 1 aromatic heterocycles. The molecule has 1 aliphatic heterocycles. The van der Waals surface area contributed by atoms with Crippen molar-refractivity contribution in [2.45, 2.75) is 57.6 Å². The summed E-state index contributed by atoms with van der Waals surface area (Å²) in [6.45, 7) is 4.47. The molecule has 4 heteroatoms. The third kappa shape index (κ3) is 3.82. The Morgan fingerprint density at radius 3 is 2.69 bits per heavy atom. The molecule has 0 fully saturated rings. The van der Waals surface area contributed by atoms with Gasteiger partial charge >= 0.3 is 0 Å². The van der Waals surface area contributed by atoms with Crippen LogP contribution in [0.1, 0.15) is 49.9 Å². The molecule has 0 aliphatic carbocycles. The van der Waals surface area contributed by atoms with Crippen molar-refractivity contribution < 1.29 is 9.53 Å². The minimum absolute atomic E-state index is 0.0198. The van der Waals surface area contributed by atoms with Crippen molar-refractivity contribution in [2.75, 3.05) is 6.61 Å². The average Bonchev–Trinajstić information content (AvgIpc) is 3.12. The summed E-state index contributed by atoms with van der Waals surface area (Å²) >= 11 is 0. The minimum atomic E-state index is -0.551. The first-order chi connectivity index (χ1) is 14.1. The van der Waals surface area contributed by atoms with Gasteiger partial charge in [0.05, 0.1) is 18.3 Å². The van der Waals surface area contributed by atoms with Crippen molar-refractivity contribution >= 4 is 16.8 Å². The number of ether oxygens (including phenoxy) is 1. The zero-order chi connectivity index (χ0) is 20.3. The lowest BCUT2D eigenvalue weighted by Gasteiger charge is -2.44. The van der Waals surface area contributed by atoms with Crippen LogP contribution in [0.15, 0.2) is 54.6 Å². The summed E-state index contributed by atoms with van der Waals surface area (Å²) in [7, 11) is 0. The molecule has 0 radical (unpaired) electrons. The van der Waals surface area contributed by atoms with E-state index in [2.05, 4.69) is 65.8 Å².